The Morgan fingerprint density at radius 3 is 2.14 bits per heavy atom. The van der Waals surface area contributed by atoms with Crippen molar-refractivity contribution in [3.63, 3.8) is 0 Å². The van der Waals surface area contributed by atoms with Gasteiger partial charge in [0, 0.05) is 0 Å². The number of aliphatic imine (C=N–C) groups is 1. The van der Waals surface area contributed by atoms with E-state index in [4.69, 9.17) is 9.47 Å². The van der Waals surface area contributed by atoms with Crippen molar-refractivity contribution in [3.8, 4) is 11.5 Å². The van der Waals surface area contributed by atoms with Crippen LogP contribution in [0.2, 0.25) is 0 Å². The first kappa shape index (κ1) is 24.5. The smallest absolute Gasteiger partial charge is 0.425 e. The Morgan fingerprint density at radius 1 is 0.914 bits per heavy atom. The minimum atomic E-state index is -4.85. The van der Waals surface area contributed by atoms with Crippen LogP contribution in [0.25, 0.3) is 0 Å². The summed E-state index contributed by atoms with van der Waals surface area (Å²) in [5, 5.41) is 2.01. The Morgan fingerprint density at radius 2 is 1.51 bits per heavy atom. The summed E-state index contributed by atoms with van der Waals surface area (Å²) in [5.41, 5.74) is 1.18. The van der Waals surface area contributed by atoms with Gasteiger partial charge in [0.25, 0.3) is 0 Å². The molecule has 10 heteroatoms. The van der Waals surface area contributed by atoms with E-state index >= 15 is 0 Å². The fourth-order valence-electron chi connectivity index (χ4n) is 3.64. The largest absolute Gasteiger partial charge is 0.495 e. The van der Waals surface area contributed by atoms with Crippen LogP contribution in [-0.2, 0) is 4.87 Å². The number of amidine groups is 1. The van der Waals surface area contributed by atoms with Crippen molar-refractivity contribution in [2.24, 2.45) is 4.99 Å². The monoisotopic (exact) mass is 501 g/mol. The van der Waals surface area contributed by atoms with Gasteiger partial charge in [-0.05, 0) is 48.5 Å². The number of alkyl halides is 3. The first-order valence-electron chi connectivity index (χ1n) is 10.5. The van der Waals surface area contributed by atoms with Crippen LogP contribution in [0.5, 0.6) is 11.5 Å². The number of urea groups is 1. The molecule has 0 radical (unpaired) electrons. The molecule has 0 unspecified atom stereocenters. The van der Waals surface area contributed by atoms with Crippen LogP contribution in [0.3, 0.4) is 0 Å². The minimum Gasteiger partial charge on any atom is -0.495 e. The Balaban J connectivity index is 1.95. The van der Waals surface area contributed by atoms with Crippen LogP contribution in [0.4, 0.5) is 29.3 Å². The van der Waals surface area contributed by atoms with Crippen molar-refractivity contribution in [1.82, 2.24) is 5.32 Å². The molecular weight excluding hydrogens is 479 g/mol. The number of carbonyl (C=O) groups excluding carboxylic acids is 1. The molecule has 0 bridgehead atoms. The maximum atomic E-state index is 14.7. The summed E-state index contributed by atoms with van der Waals surface area (Å²) in [6.07, 6.45) is -4.85. The standard InChI is InChI=1S/C25H22F3N3O3S/c1-16-12-14-17(15-13-16)24(25(26,27)28)30-22(32)31(19-9-5-7-11-21(19)34-3)23(35-24)29-18-8-4-6-10-20(18)33-2/h4-15H,1-3H3,(H,30,32)/t24-/m0/s1. The van der Waals surface area contributed by atoms with E-state index < -0.39 is 17.1 Å². The van der Waals surface area contributed by atoms with Crippen LogP contribution in [0, 0.1) is 6.92 Å². The third kappa shape index (κ3) is 4.53. The highest BCUT2D eigenvalue weighted by Crippen LogP contribution is 2.52. The molecule has 4 rings (SSSR count). The second-order valence-electron chi connectivity index (χ2n) is 7.65. The van der Waals surface area contributed by atoms with Crippen LogP contribution >= 0.6 is 11.8 Å². The van der Waals surface area contributed by atoms with Crippen molar-refractivity contribution in [2.45, 2.75) is 18.0 Å². The fourth-order valence-corrected chi connectivity index (χ4v) is 4.84. The molecule has 3 aromatic rings. The number of aryl methyl sites for hydroxylation is 1. The normalized spacial score (nSPS) is 19.4. The molecular formula is C25H22F3N3O3S. The number of hydrogen-bond donors (Lipinski definition) is 1. The van der Waals surface area contributed by atoms with Crippen LogP contribution in [0.1, 0.15) is 11.1 Å². The molecule has 35 heavy (non-hydrogen) atoms. The first-order valence-corrected chi connectivity index (χ1v) is 11.3. The number of methoxy groups -OCH3 is 2. The van der Waals surface area contributed by atoms with E-state index in [2.05, 4.69) is 10.3 Å². The number of ether oxygens (including phenoxy) is 2. The van der Waals surface area contributed by atoms with E-state index in [-0.39, 0.29) is 22.1 Å². The van der Waals surface area contributed by atoms with E-state index in [1.165, 1.54) is 26.4 Å². The van der Waals surface area contributed by atoms with Crippen LogP contribution < -0.4 is 19.7 Å². The van der Waals surface area contributed by atoms with Gasteiger partial charge in [-0.25, -0.2) is 14.7 Å². The number of benzene rings is 3. The zero-order chi connectivity index (χ0) is 25.2. The van der Waals surface area contributed by atoms with Gasteiger partial charge >= 0.3 is 12.2 Å². The number of carbonyl (C=O) groups is 1. The van der Waals surface area contributed by atoms with Crippen LogP contribution in [-0.4, -0.2) is 31.6 Å². The zero-order valence-electron chi connectivity index (χ0n) is 19.1. The lowest BCUT2D eigenvalue weighted by atomic mass is 10.0. The number of para-hydroxylation sites is 4. The van der Waals surface area contributed by atoms with Gasteiger partial charge in [0.2, 0.25) is 4.87 Å². The molecule has 182 valence electrons. The summed E-state index contributed by atoms with van der Waals surface area (Å²) < 4.78 is 54.9. The predicted molar refractivity (Wildman–Crippen MR) is 131 cm³/mol. The molecule has 1 aliphatic rings. The Kier molecular flexibility index (Phi) is 6.66. The van der Waals surface area contributed by atoms with Crippen molar-refractivity contribution in [2.75, 3.05) is 19.1 Å². The highest BCUT2D eigenvalue weighted by atomic mass is 32.2. The molecule has 6 nitrogen and oxygen atoms in total. The molecule has 3 aromatic carbocycles. The van der Waals surface area contributed by atoms with Crippen molar-refractivity contribution in [1.29, 1.82) is 0 Å². The quantitative estimate of drug-likeness (QED) is 0.441. The number of amides is 2. The number of rotatable bonds is 5. The van der Waals surface area contributed by atoms with Crippen LogP contribution in [0.15, 0.2) is 77.8 Å². The Labute approximate surface area is 204 Å². The molecule has 0 spiro atoms. The van der Waals surface area contributed by atoms with Gasteiger partial charge in [0.05, 0.1) is 19.9 Å². The molecule has 1 atom stereocenters. The molecule has 0 aromatic heterocycles. The van der Waals surface area contributed by atoms with Gasteiger partial charge in [-0.15, -0.1) is 0 Å². The average Bonchev–Trinajstić information content (AvgIpc) is 2.84. The number of hydrogen-bond acceptors (Lipinski definition) is 5. The topological polar surface area (TPSA) is 63.2 Å². The van der Waals surface area contributed by atoms with Crippen molar-refractivity contribution >= 4 is 34.3 Å². The summed E-state index contributed by atoms with van der Waals surface area (Å²) >= 11 is 0.393. The second-order valence-corrected chi connectivity index (χ2v) is 8.83. The number of nitrogens with zero attached hydrogens (tertiary/aromatic N) is 2. The SMILES string of the molecule is COc1ccccc1N=C1S[C@@](c2ccc(C)cc2)(C(F)(F)F)NC(=O)N1c1ccccc1OC. The lowest BCUT2D eigenvalue weighted by molar-refractivity contribution is -0.167. The zero-order valence-corrected chi connectivity index (χ0v) is 19.9. The molecule has 1 aliphatic heterocycles. The summed E-state index contributed by atoms with van der Waals surface area (Å²) in [7, 11) is 2.85. The number of anilines is 1. The average molecular weight is 502 g/mol. The van der Waals surface area contributed by atoms with E-state index in [1.807, 2.05) is 0 Å². The van der Waals surface area contributed by atoms with Gasteiger partial charge < -0.3 is 14.8 Å². The minimum absolute atomic E-state index is 0.124. The highest BCUT2D eigenvalue weighted by molar-refractivity contribution is 8.15. The Bertz CT molecular complexity index is 1260. The van der Waals surface area contributed by atoms with E-state index in [0.29, 0.717) is 23.3 Å². The fraction of sp³-hybridized carbons (Fsp3) is 0.200. The third-order valence-electron chi connectivity index (χ3n) is 5.41. The van der Waals surface area contributed by atoms with Crippen molar-refractivity contribution in [3.05, 3.63) is 83.9 Å². The highest BCUT2D eigenvalue weighted by Gasteiger charge is 2.62. The molecule has 0 aliphatic carbocycles. The summed E-state index contributed by atoms with van der Waals surface area (Å²) in [5.74, 6) is 0.644. The van der Waals surface area contributed by atoms with Gasteiger partial charge in [-0.1, -0.05) is 54.1 Å². The predicted octanol–water partition coefficient (Wildman–Crippen LogP) is 6.38. The van der Waals surface area contributed by atoms with Gasteiger partial charge in [-0.2, -0.15) is 13.2 Å². The molecule has 2 amide bonds. The van der Waals surface area contributed by atoms with E-state index in [0.717, 1.165) is 10.5 Å². The number of nitrogens with one attached hydrogen (secondary N) is 1. The Hall–Kier alpha value is -3.66. The second kappa shape index (κ2) is 9.53. The lowest BCUT2D eigenvalue weighted by Gasteiger charge is -2.43. The van der Waals surface area contributed by atoms with E-state index in [1.54, 1.807) is 67.6 Å². The lowest BCUT2D eigenvalue weighted by Crippen LogP contribution is -2.63. The molecule has 1 saturated heterocycles. The first-order chi connectivity index (χ1) is 16.7. The third-order valence-corrected chi connectivity index (χ3v) is 6.74. The van der Waals surface area contributed by atoms with Gasteiger partial charge in [-0.3, -0.25) is 0 Å². The molecule has 0 saturated carbocycles. The van der Waals surface area contributed by atoms with Gasteiger partial charge in [0.1, 0.15) is 17.2 Å². The molecule has 1 heterocycles. The maximum Gasteiger partial charge on any atom is 0.425 e. The summed E-state index contributed by atoms with van der Waals surface area (Å²) in [6.45, 7) is 1.77. The maximum absolute atomic E-state index is 14.7. The van der Waals surface area contributed by atoms with Crippen molar-refractivity contribution < 1.29 is 27.4 Å². The van der Waals surface area contributed by atoms with Gasteiger partial charge in [0.15, 0.2) is 5.17 Å². The summed E-state index contributed by atoms with van der Waals surface area (Å²) in [6, 6.07) is 18.0. The van der Waals surface area contributed by atoms with E-state index in [9.17, 15) is 18.0 Å². The molecule has 1 N–H and O–H groups in total. The number of thioether (sulfide) groups is 1. The summed E-state index contributed by atoms with van der Waals surface area (Å²) in [4.78, 5) is 16.3. The molecule has 1 fully saturated rings. The number of halogens is 3.